The van der Waals surface area contributed by atoms with Crippen molar-refractivity contribution in [3.63, 3.8) is 0 Å². The molecule has 0 bridgehead atoms. The van der Waals surface area contributed by atoms with Crippen LogP contribution in [0.3, 0.4) is 0 Å². The zero-order valence-electron chi connectivity index (χ0n) is 18.1. The molecule has 2 aliphatic heterocycles. The summed E-state index contributed by atoms with van der Waals surface area (Å²) in [4.78, 5) is 9.64. The summed E-state index contributed by atoms with van der Waals surface area (Å²) in [6.45, 7) is 5.94. The van der Waals surface area contributed by atoms with Gasteiger partial charge in [-0.3, -0.25) is 0 Å². The number of halogens is 1. The lowest BCUT2D eigenvalue weighted by atomic mass is 10.1. The Labute approximate surface area is 195 Å². The summed E-state index contributed by atoms with van der Waals surface area (Å²) in [6.07, 6.45) is 13.2. The molecular weight excluding hydrogens is 414 g/mol. The molecule has 1 saturated heterocycles. The van der Waals surface area contributed by atoms with Crippen molar-refractivity contribution in [3.05, 3.63) is 94.0 Å². The average molecular weight is 440 g/mol. The second kappa shape index (κ2) is 9.63. The van der Waals surface area contributed by atoms with Crippen LogP contribution in [0.15, 0.2) is 71.6 Å². The van der Waals surface area contributed by atoms with Crippen LogP contribution in [0.1, 0.15) is 35.2 Å². The molecule has 32 heavy (non-hydrogen) atoms. The van der Waals surface area contributed by atoms with Gasteiger partial charge in [0.05, 0.1) is 0 Å². The second-order valence-electron chi connectivity index (χ2n) is 8.44. The predicted octanol–water partition coefficient (Wildman–Crippen LogP) is 5.17. The van der Waals surface area contributed by atoms with Gasteiger partial charge < -0.3 is 9.80 Å². The maximum absolute atomic E-state index is 6.02. The number of anilines is 1. The van der Waals surface area contributed by atoms with Crippen molar-refractivity contribution in [2.75, 3.05) is 37.6 Å². The van der Waals surface area contributed by atoms with Crippen molar-refractivity contribution in [2.45, 2.75) is 19.3 Å². The minimum absolute atomic E-state index is 0.663. The maximum atomic E-state index is 6.02. The predicted molar refractivity (Wildman–Crippen MR) is 133 cm³/mol. The molecule has 0 radical (unpaired) electrons. The normalized spacial score (nSPS) is 17.5. The highest BCUT2D eigenvalue weighted by Gasteiger charge is 2.20. The Morgan fingerprint density at radius 2 is 1.88 bits per heavy atom. The molecule has 3 heterocycles. The monoisotopic (exact) mass is 439 g/mol. The summed E-state index contributed by atoms with van der Waals surface area (Å²) in [7, 11) is 0. The first-order chi connectivity index (χ1) is 15.7. The molecular formula is C28H26ClN3. The molecule has 3 aliphatic rings. The summed E-state index contributed by atoms with van der Waals surface area (Å²) in [5.41, 5.74) is 9.73. The largest absolute Gasteiger partial charge is 0.370 e. The molecule has 4 heteroatoms. The highest BCUT2D eigenvalue weighted by atomic mass is 35.5. The van der Waals surface area contributed by atoms with E-state index < -0.39 is 0 Å². The molecule has 3 nitrogen and oxygen atoms in total. The molecule has 0 N–H and O–H groups in total. The standard InChI is InChI=1S/C28H26ClN3/c29-26-5-3-4-23(8-10-26)25-9-12-27(30-21-25)11-6-22-7-13-28-24(20-22)14-17-32(28)19-18-31-15-1-2-16-31/h4-5,7-10,12-13,20-21H,1-2,14-19H2. The number of rotatable bonds is 4. The van der Waals surface area contributed by atoms with Gasteiger partial charge in [0.15, 0.2) is 0 Å². The van der Waals surface area contributed by atoms with Gasteiger partial charge in [-0.25, -0.2) is 4.98 Å². The molecule has 1 aromatic heterocycles. The van der Waals surface area contributed by atoms with Crippen LogP contribution < -0.4 is 4.90 Å². The zero-order valence-corrected chi connectivity index (χ0v) is 18.9. The minimum atomic E-state index is 0.663. The Balaban J connectivity index is 1.25. The van der Waals surface area contributed by atoms with Crippen molar-refractivity contribution in [2.24, 2.45) is 0 Å². The van der Waals surface area contributed by atoms with Crippen LogP contribution in [0.25, 0.3) is 5.57 Å². The molecule has 5 rings (SSSR count). The van der Waals surface area contributed by atoms with E-state index in [4.69, 9.17) is 11.6 Å². The van der Waals surface area contributed by atoms with E-state index >= 15 is 0 Å². The third-order valence-corrected chi connectivity index (χ3v) is 6.51. The third kappa shape index (κ3) is 4.90. The van der Waals surface area contributed by atoms with E-state index in [0.717, 1.165) is 41.9 Å². The van der Waals surface area contributed by atoms with Crippen LogP contribution in [0.5, 0.6) is 0 Å². The third-order valence-electron chi connectivity index (χ3n) is 6.27. The highest BCUT2D eigenvalue weighted by Crippen LogP contribution is 2.28. The number of nitrogens with zero attached hydrogens (tertiary/aromatic N) is 3. The highest BCUT2D eigenvalue weighted by molar-refractivity contribution is 6.31. The van der Waals surface area contributed by atoms with Crippen molar-refractivity contribution >= 4 is 22.9 Å². The SMILES string of the molecule is ClC1=CC=C(c2ccc(C#Cc3ccc4c(c3)CCN4CCN3CCCC3)nc2)C=C=C1. The summed E-state index contributed by atoms with van der Waals surface area (Å²) in [6, 6.07) is 10.6. The molecule has 1 aliphatic carbocycles. The molecule has 0 spiro atoms. The fraction of sp³-hybridized carbons (Fsp3) is 0.286. The maximum Gasteiger partial charge on any atom is 0.113 e. The van der Waals surface area contributed by atoms with Crippen LogP contribution in [0.4, 0.5) is 5.69 Å². The number of hydrogen-bond acceptors (Lipinski definition) is 3. The Morgan fingerprint density at radius 3 is 2.72 bits per heavy atom. The van der Waals surface area contributed by atoms with E-state index in [1.165, 1.54) is 43.7 Å². The molecule has 2 aromatic rings. The molecule has 1 aromatic carbocycles. The first kappa shape index (κ1) is 20.9. The number of hydrogen-bond donors (Lipinski definition) is 0. The zero-order chi connectivity index (χ0) is 21.8. The van der Waals surface area contributed by atoms with Gasteiger partial charge in [0.2, 0.25) is 0 Å². The van der Waals surface area contributed by atoms with Crippen LogP contribution in [-0.4, -0.2) is 42.6 Å². The van der Waals surface area contributed by atoms with Crippen molar-refractivity contribution in [1.29, 1.82) is 0 Å². The lowest BCUT2D eigenvalue weighted by Gasteiger charge is -2.23. The fourth-order valence-corrected chi connectivity index (χ4v) is 4.61. The van der Waals surface area contributed by atoms with Crippen LogP contribution in [-0.2, 0) is 6.42 Å². The van der Waals surface area contributed by atoms with Gasteiger partial charge in [0, 0.05) is 47.7 Å². The number of pyridine rings is 1. The smallest absolute Gasteiger partial charge is 0.113 e. The lowest BCUT2D eigenvalue weighted by molar-refractivity contribution is 0.345. The van der Waals surface area contributed by atoms with Crippen LogP contribution >= 0.6 is 11.6 Å². The summed E-state index contributed by atoms with van der Waals surface area (Å²) in [5.74, 6) is 6.50. The van der Waals surface area contributed by atoms with Crippen molar-refractivity contribution in [3.8, 4) is 11.8 Å². The van der Waals surface area contributed by atoms with E-state index in [1.807, 2.05) is 36.6 Å². The molecule has 0 amide bonds. The molecule has 0 unspecified atom stereocenters. The van der Waals surface area contributed by atoms with Gasteiger partial charge >= 0.3 is 0 Å². The van der Waals surface area contributed by atoms with Crippen LogP contribution in [0, 0.1) is 11.8 Å². The molecule has 0 atom stereocenters. The van der Waals surface area contributed by atoms with Crippen molar-refractivity contribution < 1.29 is 0 Å². The minimum Gasteiger partial charge on any atom is -0.370 e. The Morgan fingerprint density at radius 1 is 0.969 bits per heavy atom. The van der Waals surface area contributed by atoms with Gasteiger partial charge in [-0.1, -0.05) is 23.6 Å². The van der Waals surface area contributed by atoms with Gasteiger partial charge in [0.25, 0.3) is 0 Å². The Bertz CT molecular complexity index is 1180. The van der Waals surface area contributed by atoms with E-state index in [-0.39, 0.29) is 0 Å². The topological polar surface area (TPSA) is 19.4 Å². The first-order valence-corrected chi connectivity index (χ1v) is 11.7. The van der Waals surface area contributed by atoms with Gasteiger partial charge in [0.1, 0.15) is 5.69 Å². The molecule has 0 saturated carbocycles. The fourth-order valence-electron chi connectivity index (χ4n) is 4.48. The summed E-state index contributed by atoms with van der Waals surface area (Å²) in [5, 5.41) is 0.663. The average Bonchev–Trinajstić information content (AvgIpc) is 3.43. The number of likely N-dealkylation sites (tertiary alicyclic amines) is 1. The quantitative estimate of drug-likeness (QED) is 0.484. The van der Waals surface area contributed by atoms with E-state index in [1.54, 1.807) is 6.08 Å². The van der Waals surface area contributed by atoms with Crippen molar-refractivity contribution in [1.82, 2.24) is 9.88 Å². The van der Waals surface area contributed by atoms with Gasteiger partial charge in [-0.05, 0) is 98.0 Å². The van der Waals surface area contributed by atoms with E-state index in [2.05, 4.69) is 50.6 Å². The van der Waals surface area contributed by atoms with E-state index in [0.29, 0.717) is 5.03 Å². The number of benzene rings is 1. The number of allylic oxidation sites excluding steroid dienone is 5. The second-order valence-corrected chi connectivity index (χ2v) is 8.88. The molecule has 160 valence electrons. The first-order valence-electron chi connectivity index (χ1n) is 11.3. The number of fused-ring (bicyclic) bond motifs is 1. The van der Waals surface area contributed by atoms with Crippen LogP contribution in [0.2, 0.25) is 0 Å². The number of aromatic nitrogens is 1. The Hall–Kier alpha value is -3.02. The lowest BCUT2D eigenvalue weighted by Crippen LogP contribution is -2.32. The Kier molecular flexibility index (Phi) is 6.28. The van der Waals surface area contributed by atoms with Gasteiger partial charge in [-0.15, -0.1) is 5.73 Å². The molecule has 1 fully saturated rings. The van der Waals surface area contributed by atoms with Gasteiger partial charge in [-0.2, -0.15) is 0 Å². The summed E-state index contributed by atoms with van der Waals surface area (Å²) >= 11 is 6.02. The van der Waals surface area contributed by atoms with E-state index in [9.17, 15) is 0 Å². The summed E-state index contributed by atoms with van der Waals surface area (Å²) < 4.78 is 0.